The lowest BCUT2D eigenvalue weighted by molar-refractivity contribution is 0.106. The van der Waals surface area contributed by atoms with E-state index >= 15 is 0 Å². The van der Waals surface area contributed by atoms with Crippen LogP contribution in [-0.2, 0) is 6.42 Å². The molecule has 1 atom stereocenters. The van der Waals surface area contributed by atoms with E-state index in [9.17, 15) is 5.11 Å². The highest BCUT2D eigenvalue weighted by Gasteiger charge is 2.20. The summed E-state index contributed by atoms with van der Waals surface area (Å²) < 4.78 is 0. The highest BCUT2D eigenvalue weighted by atomic mass is 16.3. The van der Waals surface area contributed by atoms with Gasteiger partial charge in [-0.2, -0.15) is 0 Å². The van der Waals surface area contributed by atoms with Crippen LogP contribution < -0.4 is 4.90 Å². The molecule has 0 amide bonds. The van der Waals surface area contributed by atoms with Crippen molar-refractivity contribution >= 4 is 16.6 Å². The molecule has 0 saturated carbocycles. The van der Waals surface area contributed by atoms with E-state index in [1.807, 2.05) is 6.92 Å². The van der Waals surface area contributed by atoms with Crippen molar-refractivity contribution in [2.75, 3.05) is 37.6 Å². The lowest BCUT2D eigenvalue weighted by Crippen LogP contribution is -2.48. The summed E-state index contributed by atoms with van der Waals surface area (Å²) in [5.41, 5.74) is 3.61. The summed E-state index contributed by atoms with van der Waals surface area (Å²) in [4.78, 5) is 9.68. The number of aliphatic hydroxyl groups is 1. The van der Waals surface area contributed by atoms with Crippen LogP contribution in [0.15, 0.2) is 30.3 Å². The van der Waals surface area contributed by atoms with Gasteiger partial charge >= 0.3 is 0 Å². The van der Waals surface area contributed by atoms with Gasteiger partial charge in [0.25, 0.3) is 0 Å². The van der Waals surface area contributed by atoms with Crippen LogP contribution in [0.4, 0.5) is 5.69 Å². The molecule has 130 valence electrons. The number of anilines is 1. The van der Waals surface area contributed by atoms with Crippen molar-refractivity contribution in [3.63, 3.8) is 0 Å². The third kappa shape index (κ3) is 3.87. The van der Waals surface area contributed by atoms with Crippen molar-refractivity contribution in [3.05, 3.63) is 36.0 Å². The van der Waals surface area contributed by atoms with Gasteiger partial charge in [0.15, 0.2) is 0 Å². The number of para-hydroxylation sites is 1. The van der Waals surface area contributed by atoms with Gasteiger partial charge in [-0.25, -0.2) is 0 Å². The summed E-state index contributed by atoms with van der Waals surface area (Å²) in [6.07, 6.45) is 2.78. The van der Waals surface area contributed by atoms with Gasteiger partial charge in [-0.3, -0.25) is 9.88 Å². The molecule has 2 aromatic rings. The number of fused-ring (bicyclic) bond motifs is 1. The number of rotatable bonds is 6. The zero-order valence-corrected chi connectivity index (χ0v) is 14.9. The highest BCUT2D eigenvalue weighted by Crippen LogP contribution is 2.28. The number of hydrogen-bond donors (Lipinski definition) is 1. The Balaban J connectivity index is 1.79. The van der Waals surface area contributed by atoms with Crippen molar-refractivity contribution in [2.24, 2.45) is 0 Å². The van der Waals surface area contributed by atoms with Gasteiger partial charge in [-0.1, -0.05) is 38.5 Å². The minimum absolute atomic E-state index is 0.200. The quantitative estimate of drug-likeness (QED) is 0.885. The normalized spacial score (nSPS) is 17.4. The number of β-amino-alcohol motifs (C(OH)–C–C–N with tert-alkyl or cyclic N) is 1. The Hall–Kier alpha value is -1.65. The van der Waals surface area contributed by atoms with Gasteiger partial charge in [-0.15, -0.1) is 0 Å². The van der Waals surface area contributed by atoms with E-state index in [-0.39, 0.29) is 6.10 Å². The van der Waals surface area contributed by atoms with Gasteiger partial charge in [0.05, 0.1) is 11.6 Å². The fourth-order valence-electron chi connectivity index (χ4n) is 3.45. The van der Waals surface area contributed by atoms with Crippen molar-refractivity contribution < 1.29 is 5.11 Å². The summed E-state index contributed by atoms with van der Waals surface area (Å²) in [6, 6.07) is 10.7. The largest absolute Gasteiger partial charge is 0.392 e. The SMILES string of the molecule is CCCc1cc(N2CCN(CC(O)CC)CC2)c2ccccc2n1. The Morgan fingerprint density at radius 3 is 2.58 bits per heavy atom. The summed E-state index contributed by atoms with van der Waals surface area (Å²) in [6.45, 7) is 9.08. The minimum atomic E-state index is -0.200. The van der Waals surface area contributed by atoms with Crippen molar-refractivity contribution in [1.82, 2.24) is 9.88 Å². The maximum Gasteiger partial charge on any atom is 0.0726 e. The molecule has 4 heteroatoms. The first-order valence-corrected chi connectivity index (χ1v) is 9.25. The second kappa shape index (κ2) is 7.95. The zero-order valence-electron chi connectivity index (χ0n) is 14.9. The van der Waals surface area contributed by atoms with E-state index in [0.29, 0.717) is 0 Å². The topological polar surface area (TPSA) is 39.6 Å². The van der Waals surface area contributed by atoms with E-state index in [2.05, 4.69) is 47.1 Å². The predicted molar refractivity (Wildman–Crippen MR) is 101 cm³/mol. The summed E-state index contributed by atoms with van der Waals surface area (Å²) >= 11 is 0. The summed E-state index contributed by atoms with van der Waals surface area (Å²) in [5.74, 6) is 0. The van der Waals surface area contributed by atoms with Crippen molar-refractivity contribution in [1.29, 1.82) is 0 Å². The first kappa shape index (κ1) is 17.2. The molecule has 1 aliphatic rings. The molecule has 0 radical (unpaired) electrons. The third-order valence-corrected chi connectivity index (χ3v) is 4.91. The number of aromatic nitrogens is 1. The molecule has 0 aliphatic carbocycles. The molecule has 1 aliphatic heterocycles. The van der Waals surface area contributed by atoms with Gasteiger partial charge in [0.1, 0.15) is 0 Å². The average molecular weight is 327 g/mol. The molecule has 1 unspecified atom stereocenters. The van der Waals surface area contributed by atoms with Crippen molar-refractivity contribution in [3.8, 4) is 0 Å². The van der Waals surface area contributed by atoms with E-state index in [0.717, 1.165) is 57.5 Å². The standard InChI is InChI=1S/C20H29N3O/c1-3-7-16-14-20(18-8-5-6-9-19(18)21-16)23-12-10-22(11-13-23)15-17(24)4-2/h5-6,8-9,14,17,24H,3-4,7,10-13,15H2,1-2H3. The Bertz CT molecular complexity index is 665. The van der Waals surface area contributed by atoms with Crippen LogP contribution in [-0.4, -0.2) is 53.8 Å². The van der Waals surface area contributed by atoms with Gasteiger partial charge < -0.3 is 10.0 Å². The number of piperazine rings is 1. The molecule has 0 spiro atoms. The number of nitrogens with zero attached hydrogens (tertiary/aromatic N) is 3. The van der Waals surface area contributed by atoms with Crippen LogP contribution in [0.3, 0.4) is 0 Å². The Morgan fingerprint density at radius 1 is 1.12 bits per heavy atom. The smallest absolute Gasteiger partial charge is 0.0726 e. The minimum Gasteiger partial charge on any atom is -0.392 e. The molecule has 1 aromatic carbocycles. The fraction of sp³-hybridized carbons (Fsp3) is 0.550. The molecule has 2 heterocycles. The zero-order chi connectivity index (χ0) is 16.9. The number of pyridine rings is 1. The van der Waals surface area contributed by atoms with Gasteiger partial charge in [-0.05, 0) is 25.0 Å². The first-order chi connectivity index (χ1) is 11.7. The summed E-state index contributed by atoms with van der Waals surface area (Å²) in [5, 5.41) is 11.1. The molecule has 24 heavy (non-hydrogen) atoms. The predicted octanol–water partition coefficient (Wildman–Crippen LogP) is 3.08. The monoisotopic (exact) mass is 327 g/mol. The maximum atomic E-state index is 9.87. The lowest BCUT2D eigenvalue weighted by atomic mass is 10.1. The van der Waals surface area contributed by atoms with E-state index in [4.69, 9.17) is 4.98 Å². The maximum absolute atomic E-state index is 9.87. The van der Waals surface area contributed by atoms with E-state index in [1.165, 1.54) is 16.8 Å². The molecule has 1 N–H and O–H groups in total. The number of aliphatic hydroxyl groups excluding tert-OH is 1. The van der Waals surface area contributed by atoms with Crippen LogP contribution in [0.1, 0.15) is 32.4 Å². The Labute approximate surface area is 145 Å². The van der Waals surface area contributed by atoms with Crippen LogP contribution in [0.5, 0.6) is 0 Å². The lowest BCUT2D eigenvalue weighted by Gasteiger charge is -2.37. The molecular formula is C20H29N3O. The van der Waals surface area contributed by atoms with Crippen LogP contribution in [0, 0.1) is 0 Å². The molecule has 3 rings (SSSR count). The molecule has 0 bridgehead atoms. The highest BCUT2D eigenvalue weighted by molar-refractivity contribution is 5.92. The Morgan fingerprint density at radius 2 is 1.88 bits per heavy atom. The fourth-order valence-corrected chi connectivity index (χ4v) is 3.45. The second-order valence-electron chi connectivity index (χ2n) is 6.75. The number of aryl methyl sites for hydroxylation is 1. The van der Waals surface area contributed by atoms with Gasteiger partial charge in [0, 0.05) is 49.5 Å². The second-order valence-corrected chi connectivity index (χ2v) is 6.75. The molecule has 1 fully saturated rings. The van der Waals surface area contributed by atoms with Crippen LogP contribution in [0.25, 0.3) is 10.9 Å². The van der Waals surface area contributed by atoms with E-state index in [1.54, 1.807) is 0 Å². The number of benzene rings is 1. The van der Waals surface area contributed by atoms with Gasteiger partial charge in [0.2, 0.25) is 0 Å². The summed E-state index contributed by atoms with van der Waals surface area (Å²) in [7, 11) is 0. The molecule has 4 nitrogen and oxygen atoms in total. The molecule has 1 aromatic heterocycles. The average Bonchev–Trinajstić information content (AvgIpc) is 2.62. The first-order valence-electron chi connectivity index (χ1n) is 9.25. The van der Waals surface area contributed by atoms with Crippen LogP contribution >= 0.6 is 0 Å². The van der Waals surface area contributed by atoms with Crippen LogP contribution in [0.2, 0.25) is 0 Å². The van der Waals surface area contributed by atoms with E-state index < -0.39 is 0 Å². The number of hydrogen-bond acceptors (Lipinski definition) is 4. The van der Waals surface area contributed by atoms with Crippen molar-refractivity contribution in [2.45, 2.75) is 39.2 Å². The molecular weight excluding hydrogens is 298 g/mol. The Kier molecular flexibility index (Phi) is 5.69. The molecule has 1 saturated heterocycles. The third-order valence-electron chi connectivity index (χ3n) is 4.91.